The van der Waals surface area contributed by atoms with Crippen LogP contribution >= 0.6 is 0 Å². The maximum Gasteiger partial charge on any atom is 0.338 e. The van der Waals surface area contributed by atoms with Crippen molar-refractivity contribution < 1.29 is 19.1 Å². The van der Waals surface area contributed by atoms with Gasteiger partial charge in [0, 0.05) is 0 Å². The van der Waals surface area contributed by atoms with Crippen molar-refractivity contribution in [3.63, 3.8) is 0 Å². The highest BCUT2D eigenvalue weighted by Crippen LogP contribution is 2.26. The third-order valence-electron chi connectivity index (χ3n) is 5.26. The Balaban J connectivity index is 2.24. The van der Waals surface area contributed by atoms with E-state index in [1.165, 1.54) is 0 Å². The van der Waals surface area contributed by atoms with E-state index in [4.69, 9.17) is 9.47 Å². The number of hydrogen-bond donors (Lipinski definition) is 0. The van der Waals surface area contributed by atoms with Crippen LogP contribution in [0.5, 0.6) is 0 Å². The fourth-order valence-corrected chi connectivity index (χ4v) is 3.39. The summed E-state index contributed by atoms with van der Waals surface area (Å²) in [6.07, 6.45) is 1.60. The summed E-state index contributed by atoms with van der Waals surface area (Å²) in [4.78, 5) is 25.4. The molecule has 0 heterocycles. The van der Waals surface area contributed by atoms with Crippen molar-refractivity contribution in [3.05, 3.63) is 71.8 Å². The lowest BCUT2D eigenvalue weighted by molar-refractivity contribution is -0.0587. The van der Waals surface area contributed by atoms with Gasteiger partial charge in [0.1, 0.15) is 12.2 Å². The molecule has 0 saturated carbocycles. The average Bonchev–Trinajstić information content (AvgIpc) is 2.75. The minimum Gasteiger partial charge on any atom is -0.455 e. The first-order valence-corrected chi connectivity index (χ1v) is 10.5. The van der Waals surface area contributed by atoms with Crippen LogP contribution in [-0.4, -0.2) is 24.1 Å². The summed E-state index contributed by atoms with van der Waals surface area (Å²) >= 11 is 0. The molecule has 4 heteroatoms. The summed E-state index contributed by atoms with van der Waals surface area (Å²) in [7, 11) is 0. The smallest absolute Gasteiger partial charge is 0.338 e. The van der Waals surface area contributed by atoms with E-state index in [2.05, 4.69) is 13.8 Å². The number of carbonyl (C=O) groups is 2. The van der Waals surface area contributed by atoms with Crippen LogP contribution in [0.4, 0.5) is 0 Å². The molecule has 2 atom stereocenters. The maximum absolute atomic E-state index is 12.7. The monoisotopic (exact) mass is 396 g/mol. The third-order valence-corrected chi connectivity index (χ3v) is 5.26. The zero-order valence-corrected chi connectivity index (χ0v) is 17.8. The number of ether oxygens (including phenoxy) is 2. The minimum atomic E-state index is -0.518. The van der Waals surface area contributed by atoms with Crippen molar-refractivity contribution in [1.29, 1.82) is 0 Å². The van der Waals surface area contributed by atoms with Gasteiger partial charge < -0.3 is 9.47 Å². The number of carbonyl (C=O) groups excluding carboxylic acids is 2. The first-order chi connectivity index (χ1) is 14.0. The van der Waals surface area contributed by atoms with Crippen LogP contribution in [-0.2, 0) is 9.47 Å². The van der Waals surface area contributed by atoms with Crippen molar-refractivity contribution >= 4 is 11.9 Å². The second kappa shape index (κ2) is 11.4. The van der Waals surface area contributed by atoms with Gasteiger partial charge in [-0.3, -0.25) is 0 Å². The van der Waals surface area contributed by atoms with Gasteiger partial charge in [-0.05, 0) is 42.5 Å². The van der Waals surface area contributed by atoms with Gasteiger partial charge in [-0.1, -0.05) is 76.9 Å². The second-order valence-electron chi connectivity index (χ2n) is 7.71. The molecular formula is C25H32O4. The fraction of sp³-hybridized carbons (Fsp3) is 0.440. The van der Waals surface area contributed by atoms with Crippen molar-refractivity contribution in [2.45, 2.75) is 59.2 Å². The zero-order chi connectivity index (χ0) is 21.2. The van der Waals surface area contributed by atoms with Crippen LogP contribution in [0.3, 0.4) is 0 Å². The summed E-state index contributed by atoms with van der Waals surface area (Å²) in [6, 6.07) is 17.9. The molecule has 0 aliphatic rings. The topological polar surface area (TPSA) is 52.6 Å². The average molecular weight is 397 g/mol. The highest BCUT2D eigenvalue weighted by atomic mass is 16.6. The number of esters is 2. The molecule has 29 heavy (non-hydrogen) atoms. The molecule has 2 unspecified atom stereocenters. The summed E-state index contributed by atoms with van der Waals surface area (Å²) in [6.45, 7) is 8.23. The van der Waals surface area contributed by atoms with Gasteiger partial charge in [-0.25, -0.2) is 9.59 Å². The SMILES string of the molecule is CCC(CC)CC(OC(=O)c1ccccc1)C(OC(=O)c1ccccc1)C(C)C. The second-order valence-corrected chi connectivity index (χ2v) is 7.71. The lowest BCUT2D eigenvalue weighted by atomic mass is 9.90. The molecule has 0 aromatic heterocycles. The van der Waals surface area contributed by atoms with Crippen LogP contribution in [0.25, 0.3) is 0 Å². The van der Waals surface area contributed by atoms with Crippen molar-refractivity contribution in [1.82, 2.24) is 0 Å². The molecule has 0 aliphatic carbocycles. The van der Waals surface area contributed by atoms with Gasteiger partial charge in [0.05, 0.1) is 11.1 Å². The standard InChI is InChI=1S/C25H32O4/c1-5-19(6-2)17-22(28-24(26)20-13-9-7-10-14-20)23(18(3)4)29-25(27)21-15-11-8-12-16-21/h7-16,18-19,22-23H,5-6,17H2,1-4H3. The predicted molar refractivity (Wildman–Crippen MR) is 115 cm³/mol. The third kappa shape index (κ3) is 6.74. The minimum absolute atomic E-state index is 0.00518. The Morgan fingerprint density at radius 3 is 1.62 bits per heavy atom. The molecule has 0 spiro atoms. The van der Waals surface area contributed by atoms with Gasteiger partial charge in [0.15, 0.2) is 0 Å². The van der Waals surface area contributed by atoms with Crippen molar-refractivity contribution in [2.24, 2.45) is 11.8 Å². The Labute approximate surface area is 174 Å². The normalized spacial score (nSPS) is 13.2. The Morgan fingerprint density at radius 2 is 1.21 bits per heavy atom. The van der Waals surface area contributed by atoms with E-state index in [0.717, 1.165) is 12.8 Å². The Kier molecular flexibility index (Phi) is 8.91. The Morgan fingerprint density at radius 1 is 0.759 bits per heavy atom. The maximum atomic E-state index is 12.7. The van der Waals surface area contributed by atoms with Crippen molar-refractivity contribution in [3.8, 4) is 0 Å². The summed E-state index contributed by atoms with van der Waals surface area (Å²) in [5.41, 5.74) is 0.993. The summed E-state index contributed by atoms with van der Waals surface area (Å²) in [5, 5.41) is 0. The largest absolute Gasteiger partial charge is 0.455 e. The molecule has 4 nitrogen and oxygen atoms in total. The molecular weight excluding hydrogens is 364 g/mol. The van der Waals surface area contributed by atoms with Crippen LogP contribution in [0, 0.1) is 11.8 Å². The molecule has 0 radical (unpaired) electrons. The highest BCUT2D eigenvalue weighted by molar-refractivity contribution is 5.90. The van der Waals surface area contributed by atoms with Crippen LogP contribution < -0.4 is 0 Å². The quantitative estimate of drug-likeness (QED) is 0.468. The van der Waals surface area contributed by atoms with E-state index in [1.807, 2.05) is 38.1 Å². The first-order valence-electron chi connectivity index (χ1n) is 10.5. The van der Waals surface area contributed by atoms with Gasteiger partial charge in [-0.15, -0.1) is 0 Å². The molecule has 0 amide bonds. The zero-order valence-electron chi connectivity index (χ0n) is 17.8. The molecule has 2 aromatic rings. The first kappa shape index (κ1) is 22.7. The molecule has 0 aliphatic heterocycles. The van der Waals surface area contributed by atoms with Crippen molar-refractivity contribution in [2.75, 3.05) is 0 Å². The van der Waals surface area contributed by atoms with Gasteiger partial charge >= 0.3 is 11.9 Å². The van der Waals surface area contributed by atoms with Crippen LogP contribution in [0.15, 0.2) is 60.7 Å². The Hall–Kier alpha value is -2.62. The van der Waals surface area contributed by atoms with E-state index in [9.17, 15) is 9.59 Å². The van der Waals surface area contributed by atoms with E-state index >= 15 is 0 Å². The summed E-state index contributed by atoms with van der Waals surface area (Å²) in [5.74, 6) is -0.386. The summed E-state index contributed by atoms with van der Waals surface area (Å²) < 4.78 is 11.8. The predicted octanol–water partition coefficient (Wildman–Crippen LogP) is 5.92. The van der Waals surface area contributed by atoms with Gasteiger partial charge in [0.25, 0.3) is 0 Å². The molecule has 0 fully saturated rings. The lowest BCUT2D eigenvalue weighted by Gasteiger charge is -2.32. The highest BCUT2D eigenvalue weighted by Gasteiger charge is 2.33. The molecule has 0 saturated heterocycles. The Bertz CT molecular complexity index is 751. The molecule has 156 valence electrons. The molecule has 2 aromatic carbocycles. The van der Waals surface area contributed by atoms with Gasteiger partial charge in [-0.2, -0.15) is 0 Å². The number of benzene rings is 2. The van der Waals surface area contributed by atoms with E-state index in [0.29, 0.717) is 23.5 Å². The van der Waals surface area contributed by atoms with E-state index in [-0.39, 0.29) is 11.9 Å². The molecule has 2 rings (SSSR count). The van der Waals surface area contributed by atoms with E-state index in [1.54, 1.807) is 36.4 Å². The fourth-order valence-electron chi connectivity index (χ4n) is 3.39. The molecule has 0 bridgehead atoms. The van der Waals surface area contributed by atoms with Crippen LogP contribution in [0.1, 0.15) is 67.7 Å². The van der Waals surface area contributed by atoms with Crippen LogP contribution in [0.2, 0.25) is 0 Å². The van der Waals surface area contributed by atoms with E-state index < -0.39 is 18.2 Å². The number of rotatable bonds is 10. The number of hydrogen-bond acceptors (Lipinski definition) is 4. The van der Waals surface area contributed by atoms with Gasteiger partial charge in [0.2, 0.25) is 0 Å². The lowest BCUT2D eigenvalue weighted by Crippen LogP contribution is -2.40. The molecule has 0 N–H and O–H groups in total.